The van der Waals surface area contributed by atoms with Gasteiger partial charge in [0.1, 0.15) is 0 Å². The van der Waals surface area contributed by atoms with E-state index in [-0.39, 0.29) is 5.75 Å². The Balaban J connectivity index is 2.50. The fourth-order valence-corrected chi connectivity index (χ4v) is 0.901. The van der Waals surface area contributed by atoms with Crippen LogP contribution < -0.4 is 0 Å². The molecule has 1 atom stereocenters. The van der Waals surface area contributed by atoms with Gasteiger partial charge in [-0.2, -0.15) is 5.10 Å². The molecule has 1 heterocycles. The van der Waals surface area contributed by atoms with Crippen LogP contribution >= 0.6 is 0 Å². The van der Waals surface area contributed by atoms with Crippen molar-refractivity contribution in [3.8, 4) is 5.75 Å². The number of hydrogen-bond donors (Lipinski definition) is 1. The normalized spacial score (nSPS) is 13.3. The Labute approximate surface area is 66.7 Å². The lowest BCUT2D eigenvalue weighted by Crippen LogP contribution is -2.06. The van der Waals surface area contributed by atoms with Gasteiger partial charge in [-0.25, -0.2) is 0 Å². The molecule has 0 amide bonds. The summed E-state index contributed by atoms with van der Waals surface area (Å²) in [6.07, 6.45) is 4.25. The van der Waals surface area contributed by atoms with Gasteiger partial charge >= 0.3 is 0 Å². The van der Waals surface area contributed by atoms with Crippen LogP contribution in [0.25, 0.3) is 0 Å². The van der Waals surface area contributed by atoms with E-state index in [0.29, 0.717) is 5.92 Å². The maximum Gasteiger partial charge on any atom is 0.153 e. The van der Waals surface area contributed by atoms with Crippen molar-refractivity contribution in [2.75, 3.05) is 0 Å². The van der Waals surface area contributed by atoms with E-state index in [1.807, 2.05) is 0 Å². The van der Waals surface area contributed by atoms with Gasteiger partial charge in [-0.3, -0.25) is 4.68 Å². The van der Waals surface area contributed by atoms with E-state index < -0.39 is 0 Å². The molecule has 3 nitrogen and oxygen atoms in total. The zero-order valence-electron chi connectivity index (χ0n) is 6.99. The van der Waals surface area contributed by atoms with Gasteiger partial charge in [0.2, 0.25) is 0 Å². The molecule has 0 aliphatic rings. The number of aromatic nitrogens is 2. The minimum atomic E-state index is 0.244. The molecule has 0 saturated carbocycles. The van der Waals surface area contributed by atoms with Gasteiger partial charge in [-0.05, 0) is 5.92 Å². The highest BCUT2D eigenvalue weighted by atomic mass is 16.3. The Morgan fingerprint density at radius 2 is 2.45 bits per heavy atom. The second kappa shape index (κ2) is 3.42. The number of nitrogens with zero attached hydrogens (tertiary/aromatic N) is 2. The summed E-state index contributed by atoms with van der Waals surface area (Å²) in [7, 11) is 0. The summed E-state index contributed by atoms with van der Waals surface area (Å²) in [5.74, 6) is 0.864. The van der Waals surface area contributed by atoms with Crippen molar-refractivity contribution >= 4 is 0 Å². The smallest absolute Gasteiger partial charge is 0.153 e. The second-order valence-corrected chi connectivity index (χ2v) is 2.93. The van der Waals surface area contributed by atoms with E-state index in [4.69, 9.17) is 5.11 Å². The maximum absolute atomic E-state index is 8.96. The van der Waals surface area contributed by atoms with Gasteiger partial charge in [-0.1, -0.05) is 20.3 Å². The third-order valence-corrected chi connectivity index (χ3v) is 1.82. The molecular weight excluding hydrogens is 140 g/mol. The molecule has 3 heteroatoms. The van der Waals surface area contributed by atoms with Crippen LogP contribution in [0.15, 0.2) is 12.4 Å². The summed E-state index contributed by atoms with van der Waals surface area (Å²) in [6, 6.07) is 0. The van der Waals surface area contributed by atoms with Crippen molar-refractivity contribution in [3.05, 3.63) is 12.4 Å². The lowest BCUT2D eigenvalue weighted by Gasteiger charge is -2.06. The molecule has 0 aromatic carbocycles. The molecule has 1 aromatic heterocycles. The molecule has 0 saturated heterocycles. The highest BCUT2D eigenvalue weighted by Gasteiger charge is 2.00. The first-order chi connectivity index (χ1) is 5.22. The highest BCUT2D eigenvalue weighted by Crippen LogP contribution is 2.08. The molecule has 1 rings (SSSR count). The molecule has 0 fully saturated rings. The number of hydrogen-bond acceptors (Lipinski definition) is 2. The third-order valence-electron chi connectivity index (χ3n) is 1.82. The van der Waals surface area contributed by atoms with E-state index >= 15 is 0 Å². The minimum absolute atomic E-state index is 0.244. The summed E-state index contributed by atoms with van der Waals surface area (Å²) in [4.78, 5) is 0. The van der Waals surface area contributed by atoms with Crippen LogP contribution in [0.1, 0.15) is 20.3 Å². The molecule has 62 valence electrons. The molecule has 0 aliphatic carbocycles. The number of aromatic hydroxyl groups is 1. The van der Waals surface area contributed by atoms with Gasteiger partial charge in [0.05, 0.1) is 12.4 Å². The van der Waals surface area contributed by atoms with Crippen molar-refractivity contribution in [2.45, 2.75) is 26.8 Å². The molecule has 0 bridgehead atoms. The Kier molecular flexibility index (Phi) is 2.52. The topological polar surface area (TPSA) is 38.0 Å². The van der Waals surface area contributed by atoms with Crippen LogP contribution in [0.5, 0.6) is 5.75 Å². The van der Waals surface area contributed by atoms with Crippen LogP contribution in [-0.2, 0) is 6.54 Å². The molecule has 1 aromatic rings. The molecule has 0 aliphatic heterocycles. The van der Waals surface area contributed by atoms with Crippen molar-refractivity contribution in [1.29, 1.82) is 0 Å². The highest BCUT2D eigenvalue weighted by molar-refractivity contribution is 5.08. The Hall–Kier alpha value is -0.990. The summed E-state index contributed by atoms with van der Waals surface area (Å²) < 4.78 is 1.77. The Morgan fingerprint density at radius 1 is 1.73 bits per heavy atom. The lowest BCUT2D eigenvalue weighted by molar-refractivity contribution is 0.434. The van der Waals surface area contributed by atoms with Crippen LogP contribution in [0.2, 0.25) is 0 Å². The van der Waals surface area contributed by atoms with Crippen molar-refractivity contribution in [2.24, 2.45) is 5.92 Å². The van der Waals surface area contributed by atoms with Crippen molar-refractivity contribution < 1.29 is 5.11 Å². The second-order valence-electron chi connectivity index (χ2n) is 2.93. The van der Waals surface area contributed by atoms with Crippen molar-refractivity contribution in [3.63, 3.8) is 0 Å². The predicted octanol–water partition coefficient (Wildman–Crippen LogP) is 1.63. The minimum Gasteiger partial charge on any atom is -0.505 e. The summed E-state index contributed by atoms with van der Waals surface area (Å²) in [6.45, 7) is 5.20. The SMILES string of the molecule is CCC(C)Cn1cc(O)cn1. The average Bonchev–Trinajstić information content (AvgIpc) is 2.35. The van der Waals surface area contributed by atoms with Crippen LogP contribution in [0.3, 0.4) is 0 Å². The van der Waals surface area contributed by atoms with E-state index in [0.717, 1.165) is 13.0 Å². The zero-order valence-corrected chi connectivity index (χ0v) is 6.99. The first kappa shape index (κ1) is 8.11. The summed E-state index contributed by atoms with van der Waals surface area (Å²) >= 11 is 0. The molecule has 1 unspecified atom stereocenters. The monoisotopic (exact) mass is 154 g/mol. The van der Waals surface area contributed by atoms with Gasteiger partial charge in [0.15, 0.2) is 5.75 Å². The standard InChI is InChI=1S/C8H14N2O/c1-3-7(2)5-10-6-8(11)4-9-10/h4,6-7,11H,3,5H2,1-2H3. The van der Waals surface area contributed by atoms with E-state index in [1.54, 1.807) is 10.9 Å². The van der Waals surface area contributed by atoms with Crippen LogP contribution in [-0.4, -0.2) is 14.9 Å². The summed E-state index contributed by atoms with van der Waals surface area (Å²) in [5, 5.41) is 12.9. The largest absolute Gasteiger partial charge is 0.505 e. The van der Waals surface area contributed by atoms with Gasteiger partial charge in [0.25, 0.3) is 0 Å². The molecule has 0 radical (unpaired) electrons. The van der Waals surface area contributed by atoms with Gasteiger partial charge < -0.3 is 5.11 Å². The Morgan fingerprint density at radius 3 is 2.91 bits per heavy atom. The van der Waals surface area contributed by atoms with Crippen molar-refractivity contribution in [1.82, 2.24) is 9.78 Å². The fraction of sp³-hybridized carbons (Fsp3) is 0.625. The zero-order chi connectivity index (χ0) is 8.27. The number of rotatable bonds is 3. The van der Waals surface area contributed by atoms with Crippen LogP contribution in [0, 0.1) is 5.92 Å². The van der Waals surface area contributed by atoms with E-state index in [9.17, 15) is 0 Å². The maximum atomic E-state index is 8.96. The quantitative estimate of drug-likeness (QED) is 0.718. The Bertz CT molecular complexity index is 220. The molecule has 0 spiro atoms. The van der Waals surface area contributed by atoms with Gasteiger partial charge in [-0.15, -0.1) is 0 Å². The third kappa shape index (κ3) is 2.26. The molecular formula is C8H14N2O. The molecule has 1 N–H and O–H groups in total. The summed E-state index contributed by atoms with van der Waals surface area (Å²) in [5.41, 5.74) is 0. The molecule has 11 heavy (non-hydrogen) atoms. The average molecular weight is 154 g/mol. The fourth-order valence-electron chi connectivity index (χ4n) is 0.901. The first-order valence-electron chi connectivity index (χ1n) is 3.93. The lowest BCUT2D eigenvalue weighted by atomic mass is 10.1. The van der Waals surface area contributed by atoms with Crippen LogP contribution in [0.4, 0.5) is 0 Å². The predicted molar refractivity (Wildman–Crippen MR) is 43.3 cm³/mol. The van der Waals surface area contributed by atoms with Gasteiger partial charge in [0, 0.05) is 6.54 Å². The van der Waals surface area contributed by atoms with E-state index in [2.05, 4.69) is 18.9 Å². The van der Waals surface area contributed by atoms with E-state index in [1.165, 1.54) is 6.20 Å². The first-order valence-corrected chi connectivity index (χ1v) is 3.93.